The fourth-order valence-electron chi connectivity index (χ4n) is 1.13. The molecule has 0 fully saturated rings. The minimum Gasteiger partial charge on any atom is -0.399 e. The summed E-state index contributed by atoms with van der Waals surface area (Å²) in [4.78, 5) is 0.787. The summed E-state index contributed by atoms with van der Waals surface area (Å²) in [6, 6.07) is 7.25. The van der Waals surface area contributed by atoms with E-state index in [0.717, 1.165) is 4.90 Å². The predicted octanol–water partition coefficient (Wildman–Crippen LogP) is 0.815. The highest BCUT2D eigenvalue weighted by Gasteiger charge is 2.09. The number of aryl methyl sites for hydroxylation is 1. The van der Waals surface area contributed by atoms with E-state index < -0.39 is 0 Å². The Bertz CT molecular complexity index is 555. The monoisotopic (exact) mass is 232 g/mol. The van der Waals surface area contributed by atoms with E-state index >= 15 is 0 Å². The number of hydrogen-bond donors (Lipinski definition) is 1. The molecule has 0 aliphatic heterocycles. The van der Waals surface area contributed by atoms with Crippen LogP contribution < -0.4 is 5.73 Å². The summed E-state index contributed by atoms with van der Waals surface area (Å²) >= 11 is 1.33. The molecule has 7 heteroatoms. The number of benzene rings is 1. The van der Waals surface area contributed by atoms with Crippen LogP contribution in [0.5, 0.6) is 0 Å². The van der Waals surface area contributed by atoms with Crippen molar-refractivity contribution in [2.24, 2.45) is 7.05 Å². The second kappa shape index (κ2) is 4.20. The molecule has 0 unspecified atom stereocenters. The quantitative estimate of drug-likeness (QED) is 0.770. The minimum atomic E-state index is 0.521. The van der Waals surface area contributed by atoms with Crippen molar-refractivity contribution in [3.63, 3.8) is 0 Å². The molecule has 0 spiro atoms. The molecule has 2 aromatic rings. The lowest BCUT2D eigenvalue weighted by atomic mass is 10.2. The van der Waals surface area contributed by atoms with E-state index in [1.165, 1.54) is 11.8 Å². The van der Waals surface area contributed by atoms with Gasteiger partial charge in [-0.3, -0.25) is 0 Å². The van der Waals surface area contributed by atoms with Crippen molar-refractivity contribution in [2.45, 2.75) is 10.1 Å². The third-order valence-corrected chi connectivity index (χ3v) is 3.01. The molecule has 0 bridgehead atoms. The molecule has 16 heavy (non-hydrogen) atoms. The van der Waals surface area contributed by atoms with Crippen LogP contribution >= 0.6 is 11.8 Å². The lowest BCUT2D eigenvalue weighted by Crippen LogP contribution is -1.94. The van der Waals surface area contributed by atoms with Crippen LogP contribution in [0.4, 0.5) is 5.69 Å². The number of nitrogens with zero attached hydrogens (tertiary/aromatic N) is 5. The van der Waals surface area contributed by atoms with Gasteiger partial charge in [0.2, 0.25) is 5.16 Å². The summed E-state index contributed by atoms with van der Waals surface area (Å²) in [6.45, 7) is 0. The highest BCUT2D eigenvalue weighted by atomic mass is 32.2. The maximum Gasteiger partial charge on any atom is 0.213 e. The summed E-state index contributed by atoms with van der Waals surface area (Å²) in [5, 5.41) is 20.7. The lowest BCUT2D eigenvalue weighted by molar-refractivity contribution is 0.664. The van der Waals surface area contributed by atoms with Crippen molar-refractivity contribution < 1.29 is 0 Å². The van der Waals surface area contributed by atoms with Crippen LogP contribution in [0.1, 0.15) is 5.56 Å². The number of nitrogens with two attached hydrogens (primary N) is 1. The largest absolute Gasteiger partial charge is 0.399 e. The molecule has 80 valence electrons. The number of nitriles is 1. The van der Waals surface area contributed by atoms with E-state index in [9.17, 15) is 0 Å². The fraction of sp³-hybridized carbons (Fsp3) is 0.111. The van der Waals surface area contributed by atoms with Crippen LogP contribution in [0.15, 0.2) is 28.3 Å². The van der Waals surface area contributed by atoms with E-state index in [1.54, 1.807) is 29.9 Å². The average molecular weight is 232 g/mol. The molecule has 2 rings (SSSR count). The number of anilines is 1. The summed E-state index contributed by atoms with van der Waals surface area (Å²) in [5.41, 5.74) is 6.69. The van der Waals surface area contributed by atoms with Gasteiger partial charge >= 0.3 is 0 Å². The molecule has 0 aliphatic rings. The SMILES string of the molecule is Cn1nnnc1Sc1ccc(N)cc1C#N. The van der Waals surface area contributed by atoms with Crippen molar-refractivity contribution in [3.05, 3.63) is 23.8 Å². The van der Waals surface area contributed by atoms with Crippen LogP contribution in [0.25, 0.3) is 0 Å². The van der Waals surface area contributed by atoms with Crippen molar-refractivity contribution in [2.75, 3.05) is 5.73 Å². The van der Waals surface area contributed by atoms with Gasteiger partial charge < -0.3 is 5.73 Å². The molecule has 0 aliphatic carbocycles. The number of hydrogen-bond acceptors (Lipinski definition) is 6. The van der Waals surface area contributed by atoms with Crippen LogP contribution in [0, 0.1) is 11.3 Å². The molecule has 1 heterocycles. The molecule has 6 nitrogen and oxygen atoms in total. The van der Waals surface area contributed by atoms with E-state index in [2.05, 4.69) is 21.6 Å². The smallest absolute Gasteiger partial charge is 0.213 e. The Balaban J connectivity index is 2.36. The highest BCUT2D eigenvalue weighted by molar-refractivity contribution is 7.99. The van der Waals surface area contributed by atoms with Gasteiger partial charge in [-0.25, -0.2) is 4.68 Å². The molecular weight excluding hydrogens is 224 g/mol. The summed E-state index contributed by atoms with van der Waals surface area (Å²) in [5.74, 6) is 0. The number of tetrazole rings is 1. The van der Waals surface area contributed by atoms with Gasteiger partial charge in [-0.2, -0.15) is 5.26 Å². The zero-order chi connectivity index (χ0) is 11.5. The highest BCUT2D eigenvalue weighted by Crippen LogP contribution is 2.28. The zero-order valence-electron chi connectivity index (χ0n) is 8.45. The zero-order valence-corrected chi connectivity index (χ0v) is 9.27. The van der Waals surface area contributed by atoms with Crippen molar-refractivity contribution in [3.8, 4) is 6.07 Å². The number of aromatic nitrogens is 4. The van der Waals surface area contributed by atoms with Gasteiger partial charge in [0.05, 0.1) is 5.56 Å². The van der Waals surface area contributed by atoms with Crippen LogP contribution in [0.3, 0.4) is 0 Å². The Kier molecular flexibility index (Phi) is 2.74. The first kappa shape index (κ1) is 10.4. The Morgan fingerprint density at radius 3 is 2.94 bits per heavy atom. The van der Waals surface area contributed by atoms with Gasteiger partial charge in [0, 0.05) is 17.6 Å². The Labute approximate surface area is 96.1 Å². The number of nitrogen functional groups attached to an aromatic ring is 1. The maximum atomic E-state index is 8.96. The normalized spacial score (nSPS) is 10.0. The molecule has 2 N–H and O–H groups in total. The lowest BCUT2D eigenvalue weighted by Gasteiger charge is -2.02. The molecule has 0 radical (unpaired) electrons. The summed E-state index contributed by atoms with van der Waals surface area (Å²) in [6.07, 6.45) is 0. The molecule has 1 aromatic heterocycles. The summed E-state index contributed by atoms with van der Waals surface area (Å²) in [7, 11) is 1.74. The maximum absolute atomic E-state index is 8.96. The average Bonchev–Trinajstić information content (AvgIpc) is 2.67. The van der Waals surface area contributed by atoms with E-state index in [-0.39, 0.29) is 0 Å². The summed E-state index contributed by atoms with van der Waals surface area (Å²) < 4.78 is 1.54. The van der Waals surface area contributed by atoms with Gasteiger partial charge in [0.15, 0.2) is 0 Å². The Hall–Kier alpha value is -2.07. The molecule has 0 saturated carbocycles. The van der Waals surface area contributed by atoms with Crippen LogP contribution in [0.2, 0.25) is 0 Å². The van der Waals surface area contributed by atoms with Crippen LogP contribution in [-0.2, 0) is 7.05 Å². The van der Waals surface area contributed by atoms with Gasteiger partial charge in [-0.15, -0.1) is 5.10 Å². The molecule has 0 atom stereocenters. The first-order valence-electron chi connectivity index (χ1n) is 4.40. The third-order valence-electron chi connectivity index (χ3n) is 1.91. The molecular formula is C9H8N6S. The second-order valence-electron chi connectivity index (χ2n) is 3.05. The molecule has 0 saturated heterocycles. The topological polar surface area (TPSA) is 93.4 Å². The molecule has 0 amide bonds. The van der Waals surface area contributed by atoms with E-state index in [1.807, 2.05) is 0 Å². The van der Waals surface area contributed by atoms with Crippen LogP contribution in [-0.4, -0.2) is 20.2 Å². The first-order chi connectivity index (χ1) is 7.70. The fourth-order valence-corrected chi connectivity index (χ4v) is 1.92. The van der Waals surface area contributed by atoms with Gasteiger partial charge in [-0.05, 0) is 40.4 Å². The predicted molar refractivity (Wildman–Crippen MR) is 58.5 cm³/mol. The van der Waals surface area contributed by atoms with Gasteiger partial charge in [0.25, 0.3) is 0 Å². The van der Waals surface area contributed by atoms with Gasteiger partial charge in [0.1, 0.15) is 6.07 Å². The van der Waals surface area contributed by atoms with Crippen molar-refractivity contribution in [1.29, 1.82) is 5.26 Å². The number of rotatable bonds is 2. The first-order valence-corrected chi connectivity index (χ1v) is 5.22. The minimum absolute atomic E-state index is 0.521. The third kappa shape index (κ3) is 1.97. The van der Waals surface area contributed by atoms with Crippen molar-refractivity contribution in [1.82, 2.24) is 20.2 Å². The standard InChI is InChI=1S/C9H8N6S/c1-15-9(12-13-14-15)16-8-3-2-7(11)4-6(8)5-10/h2-4H,11H2,1H3. The molecule has 1 aromatic carbocycles. The second-order valence-corrected chi connectivity index (χ2v) is 4.06. The van der Waals surface area contributed by atoms with E-state index in [4.69, 9.17) is 11.0 Å². The van der Waals surface area contributed by atoms with Crippen molar-refractivity contribution >= 4 is 17.4 Å². The van der Waals surface area contributed by atoms with E-state index in [0.29, 0.717) is 16.4 Å². The van der Waals surface area contributed by atoms with Gasteiger partial charge in [-0.1, -0.05) is 0 Å². The Morgan fingerprint density at radius 1 is 1.50 bits per heavy atom. The Morgan fingerprint density at radius 2 is 2.31 bits per heavy atom.